The van der Waals surface area contributed by atoms with Gasteiger partial charge in [-0.05, 0) is 13.3 Å². The third kappa shape index (κ3) is 4.49. The summed E-state index contributed by atoms with van der Waals surface area (Å²) < 4.78 is 6.26. The van der Waals surface area contributed by atoms with E-state index in [1.54, 1.807) is 6.92 Å². The summed E-state index contributed by atoms with van der Waals surface area (Å²) in [5, 5.41) is 10.3. The lowest BCUT2D eigenvalue weighted by Gasteiger charge is -2.05. The van der Waals surface area contributed by atoms with Gasteiger partial charge < -0.3 is 10.1 Å². The molecule has 1 heterocycles. The average Bonchev–Trinajstić information content (AvgIpc) is 2.78. The van der Waals surface area contributed by atoms with Gasteiger partial charge in [0.25, 0.3) is 0 Å². The van der Waals surface area contributed by atoms with Crippen LogP contribution in [0.15, 0.2) is 12.7 Å². The molecule has 1 rings (SSSR count). The van der Waals surface area contributed by atoms with Gasteiger partial charge in [0.05, 0.1) is 5.69 Å². The molecule has 20 heavy (non-hydrogen) atoms. The molecule has 1 aromatic rings. The lowest BCUT2D eigenvalue weighted by atomic mass is 10.3. The number of nitrogens with zero attached hydrogens (tertiary/aromatic N) is 3. The summed E-state index contributed by atoms with van der Waals surface area (Å²) in [6.45, 7) is 7.97. The van der Waals surface area contributed by atoms with Gasteiger partial charge in [-0.15, -0.1) is 5.10 Å². The van der Waals surface area contributed by atoms with Crippen LogP contribution in [0.3, 0.4) is 0 Å². The Morgan fingerprint density at radius 2 is 2.25 bits per heavy atom. The van der Waals surface area contributed by atoms with Crippen molar-refractivity contribution in [1.29, 1.82) is 0 Å². The maximum Gasteiger partial charge on any atom is 0.361 e. The molecule has 7 heteroatoms. The van der Waals surface area contributed by atoms with Crippen LogP contribution in [-0.4, -0.2) is 40.0 Å². The average molecular weight is 280 g/mol. The number of ether oxygens (including phenoxy) is 1. The maximum atomic E-state index is 11.7. The van der Waals surface area contributed by atoms with Crippen LogP contribution in [0.25, 0.3) is 0 Å². The Bertz CT molecular complexity index is 482. The van der Waals surface area contributed by atoms with Crippen LogP contribution in [-0.2, 0) is 16.1 Å². The molecule has 1 amide bonds. The molecule has 0 radical (unpaired) electrons. The molecule has 0 aromatic carbocycles. The summed E-state index contributed by atoms with van der Waals surface area (Å²) in [5.74, 6) is -0.725. The fourth-order valence-electron chi connectivity index (χ4n) is 1.50. The van der Waals surface area contributed by atoms with Crippen LogP contribution in [0.4, 0.5) is 0 Å². The lowest BCUT2D eigenvalue weighted by Crippen LogP contribution is -2.29. The summed E-state index contributed by atoms with van der Waals surface area (Å²) in [6.07, 6.45) is 3.42. The second-order valence-corrected chi connectivity index (χ2v) is 4.27. The summed E-state index contributed by atoms with van der Waals surface area (Å²) >= 11 is 0. The number of esters is 1. The normalized spacial score (nSPS) is 10.1. The lowest BCUT2D eigenvalue weighted by molar-refractivity contribution is -0.121. The number of hydrogen-bond acceptors (Lipinski definition) is 5. The minimum atomic E-state index is -0.569. The third-order valence-corrected chi connectivity index (χ3v) is 2.65. The van der Waals surface area contributed by atoms with Gasteiger partial charge in [0, 0.05) is 6.54 Å². The number of unbranched alkanes of at least 4 members (excludes halogenated alkanes) is 1. The third-order valence-electron chi connectivity index (χ3n) is 2.65. The molecular weight excluding hydrogens is 260 g/mol. The van der Waals surface area contributed by atoms with Crippen molar-refractivity contribution in [2.45, 2.75) is 33.2 Å². The molecule has 0 spiro atoms. The van der Waals surface area contributed by atoms with Gasteiger partial charge in [0.15, 0.2) is 5.69 Å². The van der Waals surface area contributed by atoms with E-state index in [0.717, 1.165) is 12.8 Å². The number of hydrogen-bond donors (Lipinski definition) is 1. The van der Waals surface area contributed by atoms with Gasteiger partial charge in [-0.2, -0.15) is 0 Å². The van der Waals surface area contributed by atoms with Crippen LogP contribution >= 0.6 is 0 Å². The van der Waals surface area contributed by atoms with Crippen molar-refractivity contribution in [1.82, 2.24) is 20.3 Å². The Hall–Kier alpha value is -2.18. The van der Waals surface area contributed by atoms with E-state index in [0.29, 0.717) is 12.2 Å². The number of carbonyl (C=O) groups excluding carboxylic acids is 2. The second-order valence-electron chi connectivity index (χ2n) is 4.27. The van der Waals surface area contributed by atoms with Crippen molar-refractivity contribution in [3.8, 4) is 0 Å². The zero-order chi connectivity index (χ0) is 15.0. The van der Waals surface area contributed by atoms with Gasteiger partial charge in [-0.25, -0.2) is 9.48 Å². The quantitative estimate of drug-likeness (QED) is 0.433. The molecule has 0 atom stereocenters. The van der Waals surface area contributed by atoms with Crippen molar-refractivity contribution in [3.05, 3.63) is 24.0 Å². The van der Waals surface area contributed by atoms with Crippen molar-refractivity contribution in [3.63, 3.8) is 0 Å². The molecule has 0 bridgehead atoms. The number of rotatable bonds is 8. The maximum absolute atomic E-state index is 11.7. The largest absolute Gasteiger partial charge is 0.457 e. The highest BCUT2D eigenvalue weighted by atomic mass is 16.5. The van der Waals surface area contributed by atoms with Gasteiger partial charge in [0.2, 0.25) is 5.91 Å². The van der Waals surface area contributed by atoms with Gasteiger partial charge >= 0.3 is 5.97 Å². The first-order chi connectivity index (χ1) is 9.60. The highest BCUT2D eigenvalue weighted by molar-refractivity contribution is 5.88. The Morgan fingerprint density at radius 1 is 1.50 bits per heavy atom. The van der Waals surface area contributed by atoms with Crippen molar-refractivity contribution >= 4 is 11.9 Å². The van der Waals surface area contributed by atoms with Crippen molar-refractivity contribution < 1.29 is 14.3 Å². The summed E-state index contributed by atoms with van der Waals surface area (Å²) in [6, 6.07) is 0. The highest BCUT2D eigenvalue weighted by Crippen LogP contribution is 2.05. The molecule has 110 valence electrons. The van der Waals surface area contributed by atoms with E-state index in [1.807, 2.05) is 0 Å². The first-order valence-corrected chi connectivity index (χ1v) is 6.55. The Kier molecular flexibility index (Phi) is 6.42. The second kappa shape index (κ2) is 8.08. The molecule has 0 unspecified atom stereocenters. The van der Waals surface area contributed by atoms with Crippen LogP contribution in [0.1, 0.15) is 35.9 Å². The van der Waals surface area contributed by atoms with E-state index in [-0.39, 0.29) is 24.8 Å². The standard InChI is InChI=1S/C13H20N4O3/c1-4-6-7-14-11(18)9-17-10(3)12(15-16-17)13(19)20-8-5-2/h5H,2,4,6-9H2,1,3H3,(H,14,18). The van der Waals surface area contributed by atoms with E-state index < -0.39 is 5.97 Å². The van der Waals surface area contributed by atoms with E-state index in [1.165, 1.54) is 10.8 Å². The Morgan fingerprint density at radius 3 is 2.90 bits per heavy atom. The minimum Gasteiger partial charge on any atom is -0.457 e. The molecule has 0 aliphatic heterocycles. The topological polar surface area (TPSA) is 86.1 Å². The molecule has 0 saturated heterocycles. The fraction of sp³-hybridized carbons (Fsp3) is 0.538. The monoisotopic (exact) mass is 280 g/mol. The molecule has 7 nitrogen and oxygen atoms in total. The van der Waals surface area contributed by atoms with Crippen LogP contribution in [0.2, 0.25) is 0 Å². The smallest absolute Gasteiger partial charge is 0.361 e. The molecular formula is C13H20N4O3. The molecule has 0 aliphatic carbocycles. The fourth-order valence-corrected chi connectivity index (χ4v) is 1.50. The van der Waals surface area contributed by atoms with E-state index in [9.17, 15) is 9.59 Å². The number of carbonyl (C=O) groups is 2. The minimum absolute atomic E-state index is 0.0390. The Labute approximate surface area is 118 Å². The molecule has 1 aromatic heterocycles. The van der Waals surface area contributed by atoms with Crippen LogP contribution in [0.5, 0.6) is 0 Å². The summed E-state index contributed by atoms with van der Waals surface area (Å²) in [7, 11) is 0. The van der Waals surface area contributed by atoms with Gasteiger partial charge in [0.1, 0.15) is 13.2 Å². The molecule has 0 saturated carbocycles. The van der Waals surface area contributed by atoms with E-state index >= 15 is 0 Å². The zero-order valence-electron chi connectivity index (χ0n) is 11.9. The molecule has 1 N–H and O–H groups in total. The molecule has 0 aliphatic rings. The van der Waals surface area contributed by atoms with Crippen molar-refractivity contribution in [2.75, 3.05) is 13.2 Å². The predicted octanol–water partition coefficient (Wildman–Crippen LogP) is 0.846. The summed E-state index contributed by atoms with van der Waals surface area (Å²) in [4.78, 5) is 23.3. The van der Waals surface area contributed by atoms with E-state index in [4.69, 9.17) is 4.74 Å². The van der Waals surface area contributed by atoms with Gasteiger partial charge in [-0.3, -0.25) is 4.79 Å². The van der Waals surface area contributed by atoms with Crippen LogP contribution in [0, 0.1) is 6.92 Å². The Balaban J connectivity index is 2.60. The molecule has 0 fully saturated rings. The number of aromatic nitrogens is 3. The number of nitrogens with one attached hydrogen (secondary N) is 1. The SMILES string of the molecule is C=CCOC(=O)c1nnn(CC(=O)NCCCC)c1C. The first kappa shape index (κ1) is 15.9. The van der Waals surface area contributed by atoms with Crippen LogP contribution < -0.4 is 5.32 Å². The summed E-state index contributed by atoms with van der Waals surface area (Å²) in [5.41, 5.74) is 0.623. The first-order valence-electron chi connectivity index (χ1n) is 6.55. The highest BCUT2D eigenvalue weighted by Gasteiger charge is 2.18. The predicted molar refractivity (Wildman–Crippen MR) is 73.2 cm³/mol. The van der Waals surface area contributed by atoms with Gasteiger partial charge in [-0.1, -0.05) is 31.2 Å². The van der Waals surface area contributed by atoms with E-state index in [2.05, 4.69) is 29.1 Å². The zero-order valence-corrected chi connectivity index (χ0v) is 11.9. The van der Waals surface area contributed by atoms with Crippen molar-refractivity contribution in [2.24, 2.45) is 0 Å². The number of amides is 1.